The number of thiocarbonyl (C=S) groups is 1. The maximum Gasteiger partial charge on any atom is 0.266 e. The Morgan fingerprint density at radius 1 is 1.14 bits per heavy atom. The van der Waals surface area contributed by atoms with Gasteiger partial charge in [0.1, 0.15) is 4.32 Å². The van der Waals surface area contributed by atoms with E-state index in [1.165, 1.54) is 11.8 Å². The molecule has 1 aliphatic heterocycles. The van der Waals surface area contributed by atoms with Crippen molar-refractivity contribution < 1.29 is 14.3 Å². The van der Waals surface area contributed by atoms with Gasteiger partial charge in [-0.1, -0.05) is 50.0 Å². The summed E-state index contributed by atoms with van der Waals surface area (Å²) in [4.78, 5) is 19.7. The quantitative estimate of drug-likeness (QED) is 0.476. The second-order valence-corrected chi connectivity index (χ2v) is 8.73. The number of benzene rings is 1. The Morgan fingerprint density at radius 2 is 1.90 bits per heavy atom. The van der Waals surface area contributed by atoms with Gasteiger partial charge >= 0.3 is 0 Å². The molecule has 2 aromatic rings. The van der Waals surface area contributed by atoms with E-state index in [0.717, 1.165) is 16.8 Å². The minimum Gasteiger partial charge on any atom is -0.493 e. The first kappa shape index (κ1) is 21.3. The molecule has 1 aromatic heterocycles. The average molecular weight is 429 g/mol. The van der Waals surface area contributed by atoms with E-state index in [1.807, 2.05) is 43.3 Å². The van der Waals surface area contributed by atoms with Crippen LogP contribution in [-0.2, 0) is 4.79 Å². The van der Waals surface area contributed by atoms with Crippen molar-refractivity contribution in [3.63, 3.8) is 0 Å². The summed E-state index contributed by atoms with van der Waals surface area (Å²) in [6, 6.07) is 9.57. The summed E-state index contributed by atoms with van der Waals surface area (Å²) in [6.45, 7) is 6.20. The number of carbonyl (C=O) groups is 1. The first-order valence-corrected chi connectivity index (χ1v) is 10.5. The molecular formula is C22H24N2O3S2. The number of ether oxygens (including phenoxy) is 2. The zero-order valence-electron chi connectivity index (χ0n) is 17.1. The fourth-order valence-electron chi connectivity index (χ4n) is 3.02. The van der Waals surface area contributed by atoms with E-state index in [0.29, 0.717) is 26.6 Å². The van der Waals surface area contributed by atoms with Gasteiger partial charge in [0, 0.05) is 17.8 Å². The van der Waals surface area contributed by atoms with Crippen LogP contribution in [0, 0.1) is 5.92 Å². The highest BCUT2D eigenvalue weighted by atomic mass is 32.2. The number of rotatable bonds is 6. The first-order chi connectivity index (χ1) is 13.9. The molecule has 1 aromatic carbocycles. The van der Waals surface area contributed by atoms with Crippen molar-refractivity contribution in [2.24, 2.45) is 5.92 Å². The van der Waals surface area contributed by atoms with E-state index in [4.69, 9.17) is 21.7 Å². The number of aromatic nitrogens is 1. The number of thioether (sulfide) groups is 1. The van der Waals surface area contributed by atoms with Crippen LogP contribution in [0.25, 0.3) is 17.3 Å². The molecule has 3 rings (SSSR count). The van der Waals surface area contributed by atoms with Gasteiger partial charge in [0.05, 0.1) is 24.8 Å². The normalized spacial score (nSPS) is 16.6. The Labute approximate surface area is 181 Å². The molecule has 1 atom stereocenters. The Balaban J connectivity index is 1.87. The van der Waals surface area contributed by atoms with Crippen LogP contribution < -0.4 is 9.47 Å². The summed E-state index contributed by atoms with van der Waals surface area (Å²) in [5.41, 5.74) is 2.45. The number of nitrogens with zero attached hydrogens (tertiary/aromatic N) is 2. The molecule has 0 saturated carbocycles. The molecule has 5 nitrogen and oxygen atoms in total. The summed E-state index contributed by atoms with van der Waals surface area (Å²) in [7, 11) is 3.21. The molecule has 0 N–H and O–H groups in total. The third kappa shape index (κ3) is 4.31. The van der Waals surface area contributed by atoms with Gasteiger partial charge in [-0.2, -0.15) is 0 Å². The van der Waals surface area contributed by atoms with E-state index in [2.05, 4.69) is 18.8 Å². The minimum absolute atomic E-state index is 0.0419. The molecule has 1 saturated heterocycles. The number of para-hydroxylation sites is 1. The van der Waals surface area contributed by atoms with Crippen molar-refractivity contribution in [2.75, 3.05) is 14.2 Å². The van der Waals surface area contributed by atoms with Gasteiger partial charge in [-0.15, -0.1) is 0 Å². The highest BCUT2D eigenvalue weighted by Gasteiger charge is 2.36. The minimum atomic E-state index is -0.0419. The van der Waals surface area contributed by atoms with Crippen LogP contribution in [0.4, 0.5) is 0 Å². The average Bonchev–Trinajstić information content (AvgIpc) is 3.00. The lowest BCUT2D eigenvalue weighted by Crippen LogP contribution is -2.39. The number of carbonyl (C=O) groups excluding carboxylic acids is 1. The lowest BCUT2D eigenvalue weighted by molar-refractivity contribution is -0.123. The summed E-state index contributed by atoms with van der Waals surface area (Å²) in [5.74, 6) is 1.58. The highest BCUT2D eigenvalue weighted by Crippen LogP contribution is 2.38. The van der Waals surface area contributed by atoms with Crippen LogP contribution in [0.2, 0.25) is 0 Å². The Hall–Kier alpha value is -2.38. The molecule has 0 aliphatic carbocycles. The molecule has 1 aliphatic rings. The Kier molecular flexibility index (Phi) is 6.59. The standard InChI is InChI=1S/C22H24N2O3S2/c1-13(2)14(3)24-21(25)19(29-22(24)28)11-15-9-10-17(23-12-15)16-7-6-8-18(26-4)20(16)27-5/h6-14H,1-5H3/b19-11-/t14-/m1/s1. The second-order valence-electron chi connectivity index (χ2n) is 7.05. The fourth-order valence-corrected chi connectivity index (χ4v) is 4.45. The van der Waals surface area contributed by atoms with Gasteiger partial charge in [-0.25, -0.2) is 0 Å². The topological polar surface area (TPSA) is 51.7 Å². The molecule has 0 radical (unpaired) electrons. The van der Waals surface area contributed by atoms with Crippen molar-refractivity contribution in [3.8, 4) is 22.8 Å². The molecule has 1 amide bonds. The summed E-state index contributed by atoms with van der Waals surface area (Å²) < 4.78 is 11.5. The number of methoxy groups -OCH3 is 2. The molecule has 152 valence electrons. The third-order valence-corrected chi connectivity index (χ3v) is 6.29. The van der Waals surface area contributed by atoms with Gasteiger partial charge in [-0.05, 0) is 42.7 Å². The van der Waals surface area contributed by atoms with Crippen molar-refractivity contribution >= 4 is 40.3 Å². The van der Waals surface area contributed by atoms with Crippen molar-refractivity contribution in [1.29, 1.82) is 0 Å². The predicted octanol–water partition coefficient (Wildman–Crippen LogP) is 5.01. The fraction of sp³-hybridized carbons (Fsp3) is 0.318. The first-order valence-electron chi connectivity index (χ1n) is 9.31. The monoisotopic (exact) mass is 428 g/mol. The predicted molar refractivity (Wildman–Crippen MR) is 122 cm³/mol. The molecule has 29 heavy (non-hydrogen) atoms. The van der Waals surface area contributed by atoms with Gasteiger partial charge in [-0.3, -0.25) is 14.7 Å². The smallest absolute Gasteiger partial charge is 0.266 e. The maximum atomic E-state index is 12.8. The van der Waals surface area contributed by atoms with E-state index in [9.17, 15) is 4.79 Å². The van der Waals surface area contributed by atoms with Crippen LogP contribution in [0.3, 0.4) is 0 Å². The maximum absolute atomic E-state index is 12.8. The molecule has 0 spiro atoms. The number of pyridine rings is 1. The highest BCUT2D eigenvalue weighted by molar-refractivity contribution is 8.26. The van der Waals surface area contributed by atoms with Crippen LogP contribution >= 0.6 is 24.0 Å². The van der Waals surface area contributed by atoms with Crippen LogP contribution in [0.5, 0.6) is 11.5 Å². The summed E-state index contributed by atoms with van der Waals surface area (Å²) in [6.07, 6.45) is 3.58. The van der Waals surface area contributed by atoms with Crippen LogP contribution in [-0.4, -0.2) is 40.4 Å². The number of hydrogen-bond donors (Lipinski definition) is 0. The van der Waals surface area contributed by atoms with Crippen LogP contribution in [0.1, 0.15) is 26.3 Å². The largest absolute Gasteiger partial charge is 0.493 e. The van der Waals surface area contributed by atoms with Gasteiger partial charge in [0.2, 0.25) is 0 Å². The zero-order valence-corrected chi connectivity index (χ0v) is 18.8. The molecular weight excluding hydrogens is 404 g/mol. The summed E-state index contributed by atoms with van der Waals surface area (Å²) >= 11 is 6.77. The summed E-state index contributed by atoms with van der Waals surface area (Å²) in [5, 5.41) is 0. The lowest BCUT2D eigenvalue weighted by Gasteiger charge is -2.26. The van der Waals surface area contributed by atoms with Crippen molar-refractivity contribution in [1.82, 2.24) is 9.88 Å². The SMILES string of the molecule is COc1cccc(-c2ccc(/C=C3\SC(=S)N([C@H](C)C(C)C)C3=O)cn2)c1OC. The third-order valence-electron chi connectivity index (χ3n) is 4.96. The van der Waals surface area contributed by atoms with Gasteiger partial charge in [0.25, 0.3) is 5.91 Å². The van der Waals surface area contributed by atoms with E-state index >= 15 is 0 Å². The molecule has 2 heterocycles. The van der Waals surface area contributed by atoms with E-state index < -0.39 is 0 Å². The zero-order chi connectivity index (χ0) is 21.1. The van der Waals surface area contributed by atoms with E-state index in [-0.39, 0.29) is 11.9 Å². The number of amides is 1. The van der Waals surface area contributed by atoms with Crippen molar-refractivity contribution in [3.05, 3.63) is 47.0 Å². The Morgan fingerprint density at radius 3 is 2.48 bits per heavy atom. The van der Waals surface area contributed by atoms with Gasteiger partial charge < -0.3 is 9.47 Å². The molecule has 7 heteroatoms. The second kappa shape index (κ2) is 8.97. The number of hydrogen-bond acceptors (Lipinski definition) is 6. The lowest BCUT2D eigenvalue weighted by atomic mass is 10.1. The van der Waals surface area contributed by atoms with Crippen molar-refractivity contribution in [2.45, 2.75) is 26.8 Å². The van der Waals surface area contributed by atoms with Gasteiger partial charge in [0.15, 0.2) is 11.5 Å². The Bertz CT molecular complexity index is 955. The molecule has 0 bridgehead atoms. The molecule has 1 fully saturated rings. The van der Waals surface area contributed by atoms with Crippen LogP contribution in [0.15, 0.2) is 41.4 Å². The van der Waals surface area contributed by atoms with E-state index in [1.54, 1.807) is 25.3 Å². The molecule has 0 unspecified atom stereocenters.